The van der Waals surface area contributed by atoms with E-state index in [-0.39, 0.29) is 5.91 Å². The summed E-state index contributed by atoms with van der Waals surface area (Å²) in [7, 11) is -1.20. The van der Waals surface area contributed by atoms with Crippen LogP contribution in [0.15, 0.2) is 57.8 Å². The number of likely N-dealkylation sites (tertiary alicyclic amines) is 1. The normalized spacial score (nSPS) is 18.4. The molecule has 0 bridgehead atoms. The zero-order chi connectivity index (χ0) is 23.7. The molecule has 34 heavy (non-hydrogen) atoms. The van der Waals surface area contributed by atoms with Crippen molar-refractivity contribution in [1.82, 2.24) is 9.88 Å². The van der Waals surface area contributed by atoms with Crippen molar-refractivity contribution in [3.05, 3.63) is 71.1 Å². The van der Waals surface area contributed by atoms with E-state index >= 15 is 0 Å². The zero-order valence-electron chi connectivity index (χ0n) is 19.4. The van der Waals surface area contributed by atoms with Crippen molar-refractivity contribution in [2.24, 2.45) is 0 Å². The van der Waals surface area contributed by atoms with Crippen LogP contribution in [0, 0.1) is 13.8 Å². The lowest BCUT2D eigenvalue weighted by molar-refractivity contribution is -0.181. The van der Waals surface area contributed by atoms with Crippen molar-refractivity contribution < 1.29 is 22.9 Å². The fourth-order valence-corrected chi connectivity index (χ4v) is 5.48. The Balaban J connectivity index is 1.24. The lowest BCUT2D eigenvalue weighted by atomic mass is 10.0. The largest absolute Gasteiger partial charge is 0.441 e. The van der Waals surface area contributed by atoms with Gasteiger partial charge in [-0.2, -0.15) is 0 Å². The summed E-state index contributed by atoms with van der Waals surface area (Å²) in [4.78, 5) is 20.2. The van der Waals surface area contributed by atoms with Crippen LogP contribution in [0.25, 0.3) is 11.5 Å². The summed E-state index contributed by atoms with van der Waals surface area (Å²) in [6.45, 7) is 6.30. The Bertz CT molecular complexity index is 1190. The predicted molar refractivity (Wildman–Crippen MR) is 128 cm³/mol. The predicted octanol–water partition coefficient (Wildman–Crippen LogP) is 4.25. The molecule has 0 radical (unpaired) electrons. The molecule has 0 N–H and O–H groups in total. The molecule has 2 aromatic carbocycles. The van der Waals surface area contributed by atoms with Crippen LogP contribution in [-0.4, -0.2) is 52.1 Å². The third kappa shape index (κ3) is 4.71. The molecule has 2 saturated heterocycles. The van der Waals surface area contributed by atoms with Crippen LogP contribution < -0.4 is 0 Å². The molecule has 3 heterocycles. The highest BCUT2D eigenvalue weighted by Crippen LogP contribution is 2.32. The van der Waals surface area contributed by atoms with Gasteiger partial charge in [-0.05, 0) is 50.2 Å². The molecule has 2 fully saturated rings. The summed E-state index contributed by atoms with van der Waals surface area (Å²) in [5, 5.41) is 0. The second kappa shape index (κ2) is 9.44. The monoisotopic (exact) mass is 480 g/mol. The number of amides is 1. The van der Waals surface area contributed by atoms with Gasteiger partial charge in [-0.25, -0.2) is 4.98 Å². The van der Waals surface area contributed by atoms with E-state index in [1.807, 2.05) is 55.1 Å². The van der Waals surface area contributed by atoms with Gasteiger partial charge in [-0.3, -0.25) is 9.00 Å². The number of carbonyl (C=O) groups excluding carboxylic acids is 1. The maximum absolute atomic E-state index is 13.0. The summed E-state index contributed by atoms with van der Waals surface area (Å²) in [6, 6.07) is 15.0. The van der Waals surface area contributed by atoms with Gasteiger partial charge in [-0.15, -0.1) is 0 Å². The van der Waals surface area contributed by atoms with E-state index in [0.29, 0.717) is 67.8 Å². The average molecular weight is 481 g/mol. The molecule has 0 saturated carbocycles. The number of benzene rings is 2. The van der Waals surface area contributed by atoms with Gasteiger partial charge in [0.1, 0.15) is 5.76 Å². The van der Waals surface area contributed by atoms with Crippen LogP contribution in [0.3, 0.4) is 0 Å². The zero-order valence-corrected chi connectivity index (χ0v) is 20.2. The molecule has 8 heteroatoms. The van der Waals surface area contributed by atoms with Gasteiger partial charge in [0.25, 0.3) is 5.91 Å². The Morgan fingerprint density at radius 2 is 1.65 bits per heavy atom. The molecular formula is C26H28N2O5S. The third-order valence-electron chi connectivity index (χ3n) is 6.45. The molecule has 0 aliphatic carbocycles. The number of nitrogens with zero attached hydrogens (tertiary/aromatic N) is 2. The minimum Gasteiger partial charge on any atom is -0.441 e. The highest BCUT2D eigenvalue weighted by Gasteiger charge is 2.40. The lowest BCUT2D eigenvalue weighted by Gasteiger charge is -2.37. The highest BCUT2D eigenvalue weighted by atomic mass is 32.2. The molecule has 7 nitrogen and oxygen atoms in total. The number of rotatable bonds is 5. The van der Waals surface area contributed by atoms with Crippen molar-refractivity contribution in [3.8, 4) is 11.5 Å². The summed E-state index contributed by atoms with van der Waals surface area (Å²) >= 11 is 0. The van der Waals surface area contributed by atoms with E-state index in [9.17, 15) is 9.00 Å². The Hall–Kier alpha value is -2.81. The van der Waals surface area contributed by atoms with Gasteiger partial charge in [0.15, 0.2) is 5.79 Å². The van der Waals surface area contributed by atoms with Crippen LogP contribution in [0.2, 0.25) is 0 Å². The lowest BCUT2D eigenvalue weighted by Crippen LogP contribution is -2.47. The minimum absolute atomic E-state index is 0.00262. The van der Waals surface area contributed by atoms with E-state index in [0.717, 1.165) is 16.0 Å². The number of ether oxygens (including phenoxy) is 2. The standard InChI is InChI=1S/C26H28N2O5S/c1-18-3-9-22(10-4-18)34(30)17-23-19(2)33-24(27-23)20-5-7-21(8-6-20)25(29)28-13-11-26(12-14-28)31-15-16-32-26/h3-10H,11-17H2,1-2H3. The average Bonchev–Trinajstić information content (AvgIpc) is 3.46. The molecule has 3 aromatic rings. The second-order valence-corrected chi connectivity index (χ2v) is 10.3. The molecule has 2 aliphatic heterocycles. The van der Waals surface area contributed by atoms with E-state index in [2.05, 4.69) is 4.98 Å². The number of hydrogen-bond donors (Lipinski definition) is 0. The first kappa shape index (κ1) is 23.0. The molecule has 1 atom stereocenters. The van der Waals surface area contributed by atoms with Gasteiger partial charge >= 0.3 is 0 Å². The first-order chi connectivity index (χ1) is 16.4. The van der Waals surface area contributed by atoms with Crippen LogP contribution in [0.1, 0.15) is 40.2 Å². The Kier molecular flexibility index (Phi) is 6.38. The van der Waals surface area contributed by atoms with Crippen LogP contribution in [0.5, 0.6) is 0 Å². The Labute approximate surface area is 201 Å². The number of carbonyl (C=O) groups is 1. The molecule has 1 aromatic heterocycles. The number of aryl methyl sites for hydroxylation is 2. The quantitative estimate of drug-likeness (QED) is 0.543. The Morgan fingerprint density at radius 1 is 1.00 bits per heavy atom. The number of aromatic nitrogens is 1. The maximum atomic E-state index is 13.0. The highest BCUT2D eigenvalue weighted by molar-refractivity contribution is 7.84. The van der Waals surface area contributed by atoms with Crippen molar-refractivity contribution in [2.45, 2.75) is 43.1 Å². The number of piperidine rings is 1. The summed E-state index contributed by atoms with van der Waals surface area (Å²) in [5.74, 6) is 0.901. The SMILES string of the molecule is Cc1ccc(S(=O)Cc2nc(-c3ccc(C(=O)N4CCC5(CC4)OCCO5)cc3)oc2C)cc1. The summed E-state index contributed by atoms with van der Waals surface area (Å²) < 4.78 is 30.1. The second-order valence-electron chi connectivity index (χ2n) is 8.80. The first-order valence-corrected chi connectivity index (χ1v) is 12.8. The minimum atomic E-state index is -1.20. The van der Waals surface area contributed by atoms with Gasteiger partial charge < -0.3 is 18.8 Å². The smallest absolute Gasteiger partial charge is 0.253 e. The van der Waals surface area contributed by atoms with Crippen molar-refractivity contribution in [2.75, 3.05) is 26.3 Å². The van der Waals surface area contributed by atoms with E-state index < -0.39 is 16.6 Å². The van der Waals surface area contributed by atoms with Crippen LogP contribution in [0.4, 0.5) is 0 Å². The van der Waals surface area contributed by atoms with Gasteiger partial charge in [-0.1, -0.05) is 17.7 Å². The summed E-state index contributed by atoms with van der Waals surface area (Å²) in [5.41, 5.74) is 3.20. The topological polar surface area (TPSA) is 81.9 Å². The maximum Gasteiger partial charge on any atom is 0.253 e. The molecule has 1 spiro atoms. The van der Waals surface area contributed by atoms with E-state index in [1.165, 1.54) is 0 Å². The van der Waals surface area contributed by atoms with Gasteiger partial charge in [0, 0.05) is 42.0 Å². The molecule has 1 amide bonds. The molecular weight excluding hydrogens is 452 g/mol. The van der Waals surface area contributed by atoms with Gasteiger partial charge in [0.2, 0.25) is 5.89 Å². The van der Waals surface area contributed by atoms with E-state index in [1.54, 1.807) is 12.1 Å². The fourth-order valence-electron chi connectivity index (χ4n) is 4.36. The molecule has 1 unspecified atom stereocenters. The van der Waals surface area contributed by atoms with Crippen molar-refractivity contribution >= 4 is 16.7 Å². The van der Waals surface area contributed by atoms with Crippen LogP contribution >= 0.6 is 0 Å². The molecule has 5 rings (SSSR count). The van der Waals surface area contributed by atoms with E-state index in [4.69, 9.17) is 13.9 Å². The van der Waals surface area contributed by atoms with Crippen LogP contribution in [-0.2, 0) is 26.0 Å². The molecule has 178 valence electrons. The fraction of sp³-hybridized carbons (Fsp3) is 0.385. The summed E-state index contributed by atoms with van der Waals surface area (Å²) in [6.07, 6.45) is 1.39. The first-order valence-electron chi connectivity index (χ1n) is 11.5. The molecule has 2 aliphatic rings. The Morgan fingerprint density at radius 3 is 2.29 bits per heavy atom. The van der Waals surface area contributed by atoms with Gasteiger partial charge in [0.05, 0.1) is 35.5 Å². The third-order valence-corrected chi connectivity index (χ3v) is 7.78. The number of hydrogen-bond acceptors (Lipinski definition) is 6. The van der Waals surface area contributed by atoms with Crippen molar-refractivity contribution in [1.29, 1.82) is 0 Å². The van der Waals surface area contributed by atoms with Crippen molar-refractivity contribution in [3.63, 3.8) is 0 Å². The number of oxazole rings is 1.